The molecule has 0 saturated carbocycles. The van der Waals surface area contributed by atoms with Gasteiger partial charge in [0.2, 0.25) is 5.88 Å². The molecule has 5 nitrogen and oxygen atoms in total. The topological polar surface area (TPSA) is 51.7 Å². The van der Waals surface area contributed by atoms with Gasteiger partial charge < -0.3 is 14.4 Å². The molecule has 0 N–H and O–H groups in total. The minimum Gasteiger partial charge on any atom is -0.480 e. The normalized spacial score (nSPS) is 18.6. The first-order chi connectivity index (χ1) is 9.83. The Morgan fingerprint density at radius 3 is 2.43 bits per heavy atom. The highest BCUT2D eigenvalue weighted by Gasteiger charge is 2.56. The Morgan fingerprint density at radius 2 is 2.00 bits per heavy atom. The molecule has 0 atom stereocenters. The maximum Gasteiger partial charge on any atom is 0.417 e. The second-order valence-corrected chi connectivity index (χ2v) is 5.53. The summed E-state index contributed by atoms with van der Waals surface area (Å²) in [6, 6.07) is 1.48. The van der Waals surface area contributed by atoms with Crippen LogP contribution in [0.25, 0.3) is 0 Å². The summed E-state index contributed by atoms with van der Waals surface area (Å²) in [7, 11) is 2.49. The second kappa shape index (κ2) is 5.80. The number of halogens is 3. The van der Waals surface area contributed by atoms with Crippen LogP contribution >= 0.6 is 11.5 Å². The third-order valence-corrected chi connectivity index (χ3v) is 4.43. The highest BCUT2D eigenvalue weighted by Crippen LogP contribution is 2.41. The van der Waals surface area contributed by atoms with Gasteiger partial charge in [0.25, 0.3) is 5.91 Å². The lowest BCUT2D eigenvalue weighted by atomic mass is 9.90. The van der Waals surface area contributed by atoms with Crippen molar-refractivity contribution in [3.05, 3.63) is 10.9 Å². The Bertz CT molecular complexity index is 510. The number of rotatable bonds is 3. The summed E-state index contributed by atoms with van der Waals surface area (Å²) >= 11 is 0.967. The molecule has 9 heteroatoms. The van der Waals surface area contributed by atoms with E-state index in [0.717, 1.165) is 18.6 Å². The monoisotopic (exact) mass is 324 g/mol. The summed E-state index contributed by atoms with van der Waals surface area (Å²) < 4.78 is 52.6. The number of alkyl halides is 3. The van der Waals surface area contributed by atoms with Crippen LogP contribution in [0.3, 0.4) is 0 Å². The smallest absolute Gasteiger partial charge is 0.417 e. The zero-order valence-corrected chi connectivity index (χ0v) is 12.4. The molecule has 1 fully saturated rings. The molecule has 0 bridgehead atoms. The molecule has 0 radical (unpaired) electrons. The van der Waals surface area contributed by atoms with E-state index in [2.05, 4.69) is 4.37 Å². The van der Waals surface area contributed by atoms with Crippen LogP contribution in [-0.2, 0) is 4.74 Å². The molecule has 118 valence electrons. The highest BCUT2D eigenvalue weighted by molar-refractivity contribution is 7.08. The van der Waals surface area contributed by atoms with Crippen molar-refractivity contribution < 1.29 is 27.4 Å². The maximum absolute atomic E-state index is 13.0. The Hall–Kier alpha value is -1.35. The van der Waals surface area contributed by atoms with Crippen LogP contribution in [0.2, 0.25) is 0 Å². The third-order valence-electron chi connectivity index (χ3n) is 3.67. The van der Waals surface area contributed by atoms with E-state index in [1.807, 2.05) is 0 Å². The lowest BCUT2D eigenvalue weighted by Gasteiger charge is -2.41. The van der Waals surface area contributed by atoms with Gasteiger partial charge in [-0.25, -0.2) is 0 Å². The molecule has 0 aromatic carbocycles. The predicted octanol–water partition coefficient (Wildman–Crippen LogP) is 2.34. The predicted molar refractivity (Wildman–Crippen MR) is 69.6 cm³/mol. The van der Waals surface area contributed by atoms with Gasteiger partial charge in [-0.1, -0.05) is 0 Å². The van der Waals surface area contributed by atoms with Crippen LogP contribution < -0.4 is 4.74 Å². The second-order valence-electron chi connectivity index (χ2n) is 4.72. The molecular formula is C12H15F3N2O3S. The fourth-order valence-corrected chi connectivity index (χ4v) is 2.96. The standard InChI is InChI=1S/C12H15F3N2O3S/c1-19-9-7-8(21-16-9)10(18)17-5-3-11(20-2,4-6-17)12(13,14)15/h7H,3-6H2,1-2H3. The van der Waals surface area contributed by atoms with Gasteiger partial charge >= 0.3 is 6.18 Å². The SMILES string of the molecule is COc1cc(C(=O)N2CCC(OC)(C(F)(F)F)CC2)sn1. The van der Waals surface area contributed by atoms with Crippen molar-refractivity contribution in [2.24, 2.45) is 0 Å². The summed E-state index contributed by atoms with van der Waals surface area (Å²) in [6.07, 6.45) is -4.98. The molecule has 0 aliphatic carbocycles. The number of methoxy groups -OCH3 is 2. The van der Waals surface area contributed by atoms with Crippen molar-refractivity contribution in [3.8, 4) is 5.88 Å². The van der Waals surface area contributed by atoms with Gasteiger partial charge in [0.05, 0.1) is 7.11 Å². The first kappa shape index (κ1) is 16.0. The summed E-state index contributed by atoms with van der Waals surface area (Å²) in [6.45, 7) is -0.0151. The van der Waals surface area contributed by atoms with Crippen molar-refractivity contribution in [2.45, 2.75) is 24.6 Å². The van der Waals surface area contributed by atoms with Gasteiger partial charge in [-0.3, -0.25) is 4.79 Å². The van der Waals surface area contributed by atoms with Gasteiger partial charge in [-0.15, -0.1) is 0 Å². The number of carbonyl (C=O) groups is 1. The zero-order chi connectivity index (χ0) is 15.7. The van der Waals surface area contributed by atoms with E-state index in [0.29, 0.717) is 10.8 Å². The number of amides is 1. The van der Waals surface area contributed by atoms with Crippen molar-refractivity contribution in [2.75, 3.05) is 27.3 Å². The van der Waals surface area contributed by atoms with E-state index < -0.39 is 11.8 Å². The van der Waals surface area contributed by atoms with Crippen LogP contribution in [-0.4, -0.2) is 54.3 Å². The molecule has 2 heterocycles. The average Bonchev–Trinajstić information content (AvgIpc) is 2.94. The Labute approximate surface area is 123 Å². The first-order valence-corrected chi connectivity index (χ1v) is 7.02. The van der Waals surface area contributed by atoms with Crippen LogP contribution in [0.4, 0.5) is 13.2 Å². The number of hydrogen-bond acceptors (Lipinski definition) is 5. The van der Waals surface area contributed by atoms with Crippen LogP contribution in [0.5, 0.6) is 5.88 Å². The molecule has 1 aliphatic rings. The van der Waals surface area contributed by atoms with E-state index in [1.54, 1.807) is 0 Å². The summed E-state index contributed by atoms with van der Waals surface area (Å²) in [5, 5.41) is 0. The summed E-state index contributed by atoms with van der Waals surface area (Å²) in [5.41, 5.74) is -2.16. The molecule has 1 aromatic rings. The van der Waals surface area contributed by atoms with E-state index in [1.165, 1.54) is 18.1 Å². The van der Waals surface area contributed by atoms with Crippen LogP contribution in [0.15, 0.2) is 6.07 Å². The summed E-state index contributed by atoms with van der Waals surface area (Å²) in [4.78, 5) is 13.9. The molecule has 0 spiro atoms. The fourth-order valence-electron chi connectivity index (χ4n) is 2.29. The van der Waals surface area contributed by atoms with E-state index in [-0.39, 0.29) is 31.8 Å². The minimum absolute atomic E-state index is 0.00754. The van der Waals surface area contributed by atoms with Crippen molar-refractivity contribution >= 4 is 17.4 Å². The lowest BCUT2D eigenvalue weighted by Crippen LogP contribution is -2.55. The number of aromatic nitrogens is 1. The molecular weight excluding hydrogens is 309 g/mol. The quantitative estimate of drug-likeness (QED) is 0.856. The van der Waals surface area contributed by atoms with Crippen molar-refractivity contribution in [1.82, 2.24) is 9.27 Å². The highest BCUT2D eigenvalue weighted by atomic mass is 32.1. The fraction of sp³-hybridized carbons (Fsp3) is 0.667. The van der Waals surface area contributed by atoms with Gasteiger partial charge in [-0.2, -0.15) is 17.5 Å². The third kappa shape index (κ3) is 2.98. The van der Waals surface area contributed by atoms with E-state index >= 15 is 0 Å². The largest absolute Gasteiger partial charge is 0.480 e. The van der Waals surface area contributed by atoms with E-state index in [9.17, 15) is 18.0 Å². The number of carbonyl (C=O) groups excluding carboxylic acids is 1. The Morgan fingerprint density at radius 1 is 1.38 bits per heavy atom. The van der Waals surface area contributed by atoms with Gasteiger partial charge in [0.15, 0.2) is 5.60 Å². The number of piperidine rings is 1. The number of ether oxygens (including phenoxy) is 2. The number of likely N-dealkylation sites (tertiary alicyclic amines) is 1. The number of nitrogens with zero attached hydrogens (tertiary/aromatic N) is 2. The van der Waals surface area contributed by atoms with Crippen molar-refractivity contribution in [3.63, 3.8) is 0 Å². The zero-order valence-electron chi connectivity index (χ0n) is 11.6. The van der Waals surface area contributed by atoms with Gasteiger partial charge in [0.1, 0.15) is 4.88 Å². The van der Waals surface area contributed by atoms with Crippen molar-refractivity contribution in [1.29, 1.82) is 0 Å². The molecule has 2 rings (SSSR count). The Kier molecular flexibility index (Phi) is 4.43. The molecule has 1 amide bonds. The van der Waals surface area contributed by atoms with E-state index in [4.69, 9.17) is 9.47 Å². The molecule has 21 heavy (non-hydrogen) atoms. The molecule has 0 unspecified atom stereocenters. The molecule has 1 aromatic heterocycles. The van der Waals surface area contributed by atoms with Crippen LogP contribution in [0.1, 0.15) is 22.5 Å². The average molecular weight is 324 g/mol. The lowest BCUT2D eigenvalue weighted by molar-refractivity contribution is -0.281. The van der Waals surface area contributed by atoms with Gasteiger partial charge in [0, 0.05) is 39.1 Å². The van der Waals surface area contributed by atoms with Gasteiger partial charge in [-0.05, 0) is 11.5 Å². The summed E-state index contributed by atoms with van der Waals surface area (Å²) in [5.74, 6) is -0.00966. The molecule has 1 aliphatic heterocycles. The maximum atomic E-state index is 13.0. The first-order valence-electron chi connectivity index (χ1n) is 6.25. The minimum atomic E-state index is -4.44. The number of hydrogen-bond donors (Lipinski definition) is 0. The molecule has 1 saturated heterocycles. The van der Waals surface area contributed by atoms with Crippen LogP contribution in [0, 0.1) is 0 Å². The Balaban J connectivity index is 2.05.